The third-order valence-corrected chi connectivity index (χ3v) is 1.60. The van der Waals surface area contributed by atoms with Crippen molar-refractivity contribution >= 4 is 5.97 Å². The predicted molar refractivity (Wildman–Crippen MR) is 42.2 cm³/mol. The van der Waals surface area contributed by atoms with E-state index in [9.17, 15) is 4.79 Å². The maximum atomic E-state index is 11.1. The Hall–Kier alpha value is -0.830. The molecule has 0 aromatic carbocycles. The largest absolute Gasteiger partial charge is 0.463 e. The van der Waals surface area contributed by atoms with E-state index in [1.165, 1.54) is 0 Å². The van der Waals surface area contributed by atoms with Crippen LogP contribution in [0.2, 0.25) is 0 Å². The fourth-order valence-electron chi connectivity index (χ4n) is 1.05. The maximum Gasteiger partial charge on any atom is 0.335 e. The van der Waals surface area contributed by atoms with Gasteiger partial charge in [-0.3, -0.25) is 0 Å². The molecule has 1 atom stereocenters. The molecule has 3 heteroatoms. The van der Waals surface area contributed by atoms with Crippen molar-refractivity contribution in [2.45, 2.75) is 19.9 Å². The van der Waals surface area contributed by atoms with Gasteiger partial charge in [-0.25, -0.2) is 4.79 Å². The molecule has 0 saturated heterocycles. The van der Waals surface area contributed by atoms with Crippen molar-refractivity contribution in [2.75, 3.05) is 13.2 Å². The van der Waals surface area contributed by atoms with Gasteiger partial charge in [-0.05, 0) is 13.8 Å². The Morgan fingerprint density at radius 3 is 3.09 bits per heavy atom. The Balaban J connectivity index is 2.48. The van der Waals surface area contributed by atoms with Crippen molar-refractivity contribution in [2.24, 2.45) is 0 Å². The van der Waals surface area contributed by atoms with Crippen molar-refractivity contribution in [1.29, 1.82) is 0 Å². The van der Waals surface area contributed by atoms with Gasteiger partial charge in [0.2, 0.25) is 0 Å². The van der Waals surface area contributed by atoms with Crippen LogP contribution in [0, 0.1) is 0 Å². The van der Waals surface area contributed by atoms with Gasteiger partial charge in [0, 0.05) is 18.2 Å². The minimum absolute atomic E-state index is 0.190. The van der Waals surface area contributed by atoms with Gasteiger partial charge >= 0.3 is 5.97 Å². The number of hydrogen-bond acceptors (Lipinski definition) is 3. The van der Waals surface area contributed by atoms with Gasteiger partial charge < -0.3 is 10.1 Å². The summed E-state index contributed by atoms with van der Waals surface area (Å²) in [5.41, 5.74) is 0.749. The smallest absolute Gasteiger partial charge is 0.335 e. The molecule has 0 radical (unpaired) electrons. The van der Waals surface area contributed by atoms with Crippen molar-refractivity contribution in [3.63, 3.8) is 0 Å². The molecule has 1 aliphatic rings. The fraction of sp³-hybridized carbons (Fsp3) is 0.625. The van der Waals surface area contributed by atoms with Gasteiger partial charge in [0.1, 0.15) is 0 Å². The molecule has 1 N–H and O–H groups in total. The normalized spacial score (nSPS) is 23.1. The highest BCUT2D eigenvalue weighted by Crippen LogP contribution is 2.06. The third-order valence-electron chi connectivity index (χ3n) is 1.60. The minimum Gasteiger partial charge on any atom is -0.463 e. The molecule has 62 valence electrons. The van der Waals surface area contributed by atoms with E-state index in [-0.39, 0.29) is 5.97 Å². The van der Waals surface area contributed by atoms with E-state index in [0.717, 1.165) is 5.57 Å². The van der Waals surface area contributed by atoms with E-state index >= 15 is 0 Å². The van der Waals surface area contributed by atoms with Gasteiger partial charge in [0.15, 0.2) is 0 Å². The van der Waals surface area contributed by atoms with E-state index in [1.54, 1.807) is 0 Å². The second-order valence-electron chi connectivity index (χ2n) is 2.58. The average Bonchev–Trinajstić information content (AvgIpc) is 2.36. The summed E-state index contributed by atoms with van der Waals surface area (Å²) < 4.78 is 4.83. The van der Waals surface area contributed by atoms with E-state index in [1.807, 2.05) is 19.9 Å². The van der Waals surface area contributed by atoms with Crippen LogP contribution < -0.4 is 5.32 Å². The van der Waals surface area contributed by atoms with E-state index in [0.29, 0.717) is 19.2 Å². The Kier molecular flexibility index (Phi) is 2.65. The lowest BCUT2D eigenvalue weighted by molar-refractivity contribution is -0.138. The number of hydrogen-bond donors (Lipinski definition) is 1. The van der Waals surface area contributed by atoms with Crippen molar-refractivity contribution < 1.29 is 9.53 Å². The Morgan fingerprint density at radius 1 is 1.91 bits per heavy atom. The quantitative estimate of drug-likeness (QED) is 0.589. The summed E-state index contributed by atoms with van der Waals surface area (Å²) in [7, 11) is 0. The van der Waals surface area contributed by atoms with Crippen molar-refractivity contribution in [1.82, 2.24) is 5.32 Å². The molecular weight excluding hydrogens is 142 g/mol. The van der Waals surface area contributed by atoms with Crippen LogP contribution in [0.25, 0.3) is 0 Å². The molecule has 1 aliphatic heterocycles. The fourth-order valence-corrected chi connectivity index (χ4v) is 1.05. The summed E-state index contributed by atoms with van der Waals surface area (Å²) in [6.07, 6.45) is 1.90. The molecule has 3 nitrogen and oxygen atoms in total. The Labute approximate surface area is 66.4 Å². The minimum atomic E-state index is -0.190. The first kappa shape index (κ1) is 8.27. The summed E-state index contributed by atoms with van der Waals surface area (Å²) >= 11 is 0. The molecule has 0 aromatic heterocycles. The summed E-state index contributed by atoms with van der Waals surface area (Å²) in [4.78, 5) is 11.1. The van der Waals surface area contributed by atoms with E-state index in [2.05, 4.69) is 5.32 Å². The Morgan fingerprint density at radius 2 is 2.64 bits per heavy atom. The van der Waals surface area contributed by atoms with Crippen LogP contribution >= 0.6 is 0 Å². The lowest BCUT2D eigenvalue weighted by atomic mass is 10.2. The lowest BCUT2D eigenvalue weighted by Crippen LogP contribution is -2.19. The highest BCUT2D eigenvalue weighted by atomic mass is 16.5. The highest BCUT2D eigenvalue weighted by Gasteiger charge is 2.17. The van der Waals surface area contributed by atoms with Gasteiger partial charge in [-0.1, -0.05) is 6.08 Å². The number of ether oxygens (including phenoxy) is 1. The second-order valence-corrected chi connectivity index (χ2v) is 2.58. The molecule has 0 spiro atoms. The van der Waals surface area contributed by atoms with Crippen molar-refractivity contribution in [3.8, 4) is 0 Å². The zero-order chi connectivity index (χ0) is 8.27. The van der Waals surface area contributed by atoms with Gasteiger partial charge in [0.05, 0.1) is 6.61 Å². The summed E-state index contributed by atoms with van der Waals surface area (Å²) in [5.74, 6) is -0.190. The molecule has 1 heterocycles. The van der Waals surface area contributed by atoms with Crippen LogP contribution in [0.3, 0.4) is 0 Å². The van der Waals surface area contributed by atoms with Crippen LogP contribution in [0.15, 0.2) is 11.6 Å². The lowest BCUT2D eigenvalue weighted by Gasteiger charge is -1.99. The predicted octanol–water partition coefficient (Wildman–Crippen LogP) is 0.468. The van der Waals surface area contributed by atoms with Gasteiger partial charge in [-0.2, -0.15) is 0 Å². The molecule has 0 saturated carbocycles. The van der Waals surface area contributed by atoms with Crippen LogP contribution in [0.5, 0.6) is 0 Å². The third kappa shape index (κ3) is 2.05. The molecule has 0 aliphatic carbocycles. The summed E-state index contributed by atoms with van der Waals surface area (Å²) in [6, 6.07) is 0.300. The topological polar surface area (TPSA) is 38.3 Å². The molecule has 0 aromatic rings. The Bertz CT molecular complexity index is 187. The molecule has 0 amide bonds. The molecule has 11 heavy (non-hydrogen) atoms. The standard InChI is InChI=1S/C8H13NO2/c1-3-11-8(10)7-4-6(2)9-5-7/h4,6,9H,3,5H2,1-2H3. The zero-order valence-corrected chi connectivity index (χ0v) is 6.89. The van der Waals surface area contributed by atoms with Crippen molar-refractivity contribution in [3.05, 3.63) is 11.6 Å². The maximum absolute atomic E-state index is 11.1. The van der Waals surface area contributed by atoms with Crippen LogP contribution in [0.4, 0.5) is 0 Å². The van der Waals surface area contributed by atoms with Crippen LogP contribution in [0.1, 0.15) is 13.8 Å². The highest BCUT2D eigenvalue weighted by molar-refractivity contribution is 5.89. The van der Waals surface area contributed by atoms with Gasteiger partial charge in [-0.15, -0.1) is 0 Å². The number of carbonyl (C=O) groups excluding carboxylic acids is 1. The summed E-state index contributed by atoms with van der Waals surface area (Å²) in [5, 5.41) is 3.12. The first-order valence-corrected chi connectivity index (χ1v) is 3.85. The second kappa shape index (κ2) is 3.53. The van der Waals surface area contributed by atoms with Gasteiger partial charge in [0.25, 0.3) is 0 Å². The SMILES string of the molecule is CCOC(=O)C1=CC(C)NC1. The molecular formula is C8H13NO2. The molecule has 1 unspecified atom stereocenters. The van der Waals surface area contributed by atoms with E-state index < -0.39 is 0 Å². The number of nitrogens with one attached hydrogen (secondary N) is 1. The van der Waals surface area contributed by atoms with Crippen LogP contribution in [-0.2, 0) is 9.53 Å². The number of carbonyl (C=O) groups is 1. The number of rotatable bonds is 2. The zero-order valence-electron chi connectivity index (χ0n) is 6.89. The number of esters is 1. The summed E-state index contributed by atoms with van der Waals surface area (Å²) in [6.45, 7) is 4.90. The molecule has 0 bridgehead atoms. The first-order chi connectivity index (χ1) is 5.24. The van der Waals surface area contributed by atoms with Crippen LogP contribution in [-0.4, -0.2) is 25.2 Å². The van der Waals surface area contributed by atoms with E-state index in [4.69, 9.17) is 4.74 Å². The molecule has 0 fully saturated rings. The monoisotopic (exact) mass is 155 g/mol. The first-order valence-electron chi connectivity index (χ1n) is 3.85. The molecule has 1 rings (SSSR count). The average molecular weight is 155 g/mol.